The van der Waals surface area contributed by atoms with Crippen molar-refractivity contribution in [1.82, 2.24) is 9.55 Å². The number of rotatable bonds is 7. The van der Waals surface area contributed by atoms with Gasteiger partial charge >= 0.3 is 0 Å². The van der Waals surface area contributed by atoms with E-state index in [-0.39, 0.29) is 12.5 Å². The SMILES string of the molecule is Cc1ccc(C)c(OCC(=O)Nc2nc(-c3cc(C)n(C[C@@H]4CCCO4)c3C)cs2)c1. The number of hydrogen-bond acceptors (Lipinski definition) is 5. The van der Waals surface area contributed by atoms with Gasteiger partial charge in [0.1, 0.15) is 5.75 Å². The van der Waals surface area contributed by atoms with Gasteiger partial charge in [0.05, 0.1) is 11.8 Å². The molecule has 6 nitrogen and oxygen atoms in total. The number of ether oxygens (including phenoxy) is 2. The number of amides is 1. The lowest BCUT2D eigenvalue weighted by atomic mass is 10.1. The van der Waals surface area contributed by atoms with Crippen LogP contribution in [-0.2, 0) is 16.1 Å². The fraction of sp³-hybridized carbons (Fsp3) is 0.417. The summed E-state index contributed by atoms with van der Waals surface area (Å²) in [6.45, 7) is 9.89. The summed E-state index contributed by atoms with van der Waals surface area (Å²) in [5, 5.41) is 5.42. The number of anilines is 1. The standard InChI is InChI=1S/C24H29N3O3S/c1-15-7-8-16(2)22(10-15)30-13-23(28)26-24-25-21(14-31-24)20-11-17(3)27(18(20)4)12-19-6-5-9-29-19/h7-8,10-11,14,19H,5-6,9,12-13H2,1-4H3,(H,25,26,28)/t19-/m0/s1. The average molecular weight is 440 g/mol. The van der Waals surface area contributed by atoms with Crippen LogP contribution in [0, 0.1) is 27.7 Å². The summed E-state index contributed by atoms with van der Waals surface area (Å²) >= 11 is 1.42. The minimum absolute atomic E-state index is 0.0465. The van der Waals surface area contributed by atoms with Gasteiger partial charge in [0.2, 0.25) is 0 Å². The second-order valence-electron chi connectivity index (χ2n) is 8.17. The summed E-state index contributed by atoms with van der Waals surface area (Å²) in [6, 6.07) is 8.12. The Balaban J connectivity index is 1.40. The van der Waals surface area contributed by atoms with Crippen LogP contribution in [0.25, 0.3) is 11.3 Å². The number of aryl methyl sites for hydroxylation is 3. The van der Waals surface area contributed by atoms with E-state index < -0.39 is 0 Å². The van der Waals surface area contributed by atoms with Gasteiger partial charge in [-0.3, -0.25) is 10.1 Å². The summed E-state index contributed by atoms with van der Waals surface area (Å²) in [6.07, 6.45) is 2.54. The second kappa shape index (κ2) is 9.24. The molecule has 0 saturated carbocycles. The normalized spacial score (nSPS) is 15.9. The second-order valence-corrected chi connectivity index (χ2v) is 9.03. The number of carbonyl (C=O) groups is 1. The molecular formula is C24H29N3O3S. The molecule has 1 fully saturated rings. The predicted octanol–water partition coefficient (Wildman–Crippen LogP) is 5.04. The first-order chi connectivity index (χ1) is 14.9. The first-order valence-electron chi connectivity index (χ1n) is 10.6. The molecule has 1 aromatic carbocycles. The van der Waals surface area contributed by atoms with Gasteiger partial charge in [-0.05, 0) is 63.8 Å². The third-order valence-electron chi connectivity index (χ3n) is 5.71. The molecule has 1 atom stereocenters. The van der Waals surface area contributed by atoms with Crippen LogP contribution in [0.4, 0.5) is 5.13 Å². The molecule has 1 N–H and O–H groups in total. The van der Waals surface area contributed by atoms with E-state index in [0.29, 0.717) is 11.2 Å². The van der Waals surface area contributed by atoms with Crippen LogP contribution in [0.2, 0.25) is 0 Å². The summed E-state index contributed by atoms with van der Waals surface area (Å²) in [4.78, 5) is 17.0. The van der Waals surface area contributed by atoms with Gasteiger partial charge in [-0.2, -0.15) is 0 Å². The highest BCUT2D eigenvalue weighted by atomic mass is 32.1. The summed E-state index contributed by atoms with van der Waals surface area (Å²) in [5.41, 5.74) is 6.45. The Hall–Kier alpha value is -2.64. The Kier molecular flexibility index (Phi) is 6.43. The van der Waals surface area contributed by atoms with Gasteiger partial charge in [-0.15, -0.1) is 11.3 Å². The fourth-order valence-corrected chi connectivity index (χ4v) is 4.68. The van der Waals surface area contributed by atoms with Gasteiger partial charge in [0.15, 0.2) is 11.7 Å². The van der Waals surface area contributed by atoms with Gasteiger partial charge < -0.3 is 14.0 Å². The third-order valence-corrected chi connectivity index (χ3v) is 6.47. The molecule has 2 aromatic heterocycles. The maximum absolute atomic E-state index is 12.4. The van der Waals surface area contributed by atoms with Crippen molar-refractivity contribution >= 4 is 22.4 Å². The molecule has 4 rings (SSSR count). The molecule has 31 heavy (non-hydrogen) atoms. The quantitative estimate of drug-likeness (QED) is 0.560. The molecule has 0 unspecified atom stereocenters. The zero-order valence-electron chi connectivity index (χ0n) is 18.5. The van der Waals surface area contributed by atoms with Crippen LogP contribution in [0.15, 0.2) is 29.6 Å². The molecule has 1 saturated heterocycles. The first kappa shape index (κ1) is 21.6. The van der Waals surface area contributed by atoms with Crippen LogP contribution in [-0.4, -0.2) is 34.8 Å². The van der Waals surface area contributed by atoms with Crippen molar-refractivity contribution < 1.29 is 14.3 Å². The molecule has 1 amide bonds. The monoisotopic (exact) mass is 439 g/mol. The average Bonchev–Trinajstić information content (AvgIpc) is 3.47. The largest absolute Gasteiger partial charge is 0.483 e. The Morgan fingerprint density at radius 3 is 2.90 bits per heavy atom. The lowest BCUT2D eigenvalue weighted by Gasteiger charge is -2.14. The minimum atomic E-state index is -0.217. The lowest BCUT2D eigenvalue weighted by molar-refractivity contribution is -0.118. The van der Waals surface area contributed by atoms with E-state index >= 15 is 0 Å². The molecular weight excluding hydrogens is 410 g/mol. The summed E-state index contributed by atoms with van der Waals surface area (Å²) in [5.74, 6) is 0.513. The number of hydrogen-bond donors (Lipinski definition) is 1. The zero-order valence-corrected chi connectivity index (χ0v) is 19.3. The van der Waals surface area contributed by atoms with Crippen molar-refractivity contribution in [3.8, 4) is 17.0 Å². The smallest absolute Gasteiger partial charge is 0.264 e. The van der Waals surface area contributed by atoms with E-state index in [4.69, 9.17) is 9.47 Å². The molecule has 0 bridgehead atoms. The fourth-order valence-electron chi connectivity index (χ4n) is 3.95. The van der Waals surface area contributed by atoms with Gasteiger partial charge in [0, 0.05) is 35.5 Å². The summed E-state index contributed by atoms with van der Waals surface area (Å²) in [7, 11) is 0. The van der Waals surface area contributed by atoms with Crippen LogP contribution in [0.1, 0.15) is 35.4 Å². The summed E-state index contributed by atoms with van der Waals surface area (Å²) < 4.78 is 13.8. The minimum Gasteiger partial charge on any atom is -0.483 e. The molecule has 1 aliphatic rings. The van der Waals surface area contributed by atoms with Crippen molar-refractivity contribution in [3.63, 3.8) is 0 Å². The Morgan fingerprint density at radius 2 is 2.13 bits per heavy atom. The Bertz CT molecular complexity index is 1080. The van der Waals surface area contributed by atoms with E-state index in [9.17, 15) is 4.79 Å². The number of nitrogens with one attached hydrogen (secondary N) is 1. The van der Waals surface area contributed by atoms with E-state index in [1.807, 2.05) is 37.4 Å². The van der Waals surface area contributed by atoms with Crippen molar-refractivity contribution in [3.05, 3.63) is 52.2 Å². The van der Waals surface area contributed by atoms with Gasteiger partial charge in [0.25, 0.3) is 5.91 Å². The highest BCUT2D eigenvalue weighted by molar-refractivity contribution is 7.14. The van der Waals surface area contributed by atoms with Crippen LogP contribution in [0.5, 0.6) is 5.75 Å². The zero-order chi connectivity index (χ0) is 22.0. The Labute approximate surface area is 187 Å². The van der Waals surface area contributed by atoms with Crippen molar-refractivity contribution in [2.24, 2.45) is 0 Å². The number of thiazole rings is 1. The van der Waals surface area contributed by atoms with Crippen molar-refractivity contribution in [2.75, 3.05) is 18.5 Å². The number of aromatic nitrogens is 2. The number of carbonyl (C=O) groups excluding carboxylic acids is 1. The third kappa shape index (κ3) is 4.99. The number of nitrogens with zero attached hydrogens (tertiary/aromatic N) is 2. The van der Waals surface area contributed by atoms with Crippen LogP contribution in [0.3, 0.4) is 0 Å². The lowest BCUT2D eigenvalue weighted by Crippen LogP contribution is -2.20. The van der Waals surface area contributed by atoms with Crippen LogP contribution >= 0.6 is 11.3 Å². The van der Waals surface area contributed by atoms with Gasteiger partial charge in [-0.25, -0.2) is 4.98 Å². The molecule has 164 valence electrons. The van der Waals surface area contributed by atoms with Gasteiger partial charge in [-0.1, -0.05) is 12.1 Å². The van der Waals surface area contributed by atoms with E-state index in [1.54, 1.807) is 0 Å². The maximum atomic E-state index is 12.4. The maximum Gasteiger partial charge on any atom is 0.264 e. The molecule has 0 radical (unpaired) electrons. The molecule has 3 aromatic rings. The first-order valence-corrected chi connectivity index (χ1v) is 11.5. The molecule has 7 heteroatoms. The van der Waals surface area contributed by atoms with E-state index in [0.717, 1.165) is 54.1 Å². The van der Waals surface area contributed by atoms with E-state index in [2.05, 4.69) is 34.8 Å². The van der Waals surface area contributed by atoms with Crippen molar-refractivity contribution in [1.29, 1.82) is 0 Å². The highest BCUT2D eigenvalue weighted by Gasteiger charge is 2.20. The molecule has 3 heterocycles. The molecule has 1 aliphatic heterocycles. The highest BCUT2D eigenvalue weighted by Crippen LogP contribution is 2.31. The Morgan fingerprint density at radius 1 is 1.29 bits per heavy atom. The number of benzene rings is 1. The van der Waals surface area contributed by atoms with Crippen molar-refractivity contribution in [2.45, 2.75) is 53.2 Å². The predicted molar refractivity (Wildman–Crippen MR) is 124 cm³/mol. The van der Waals surface area contributed by atoms with E-state index in [1.165, 1.54) is 22.7 Å². The topological polar surface area (TPSA) is 65.4 Å². The molecule has 0 spiro atoms. The molecule has 0 aliphatic carbocycles. The van der Waals surface area contributed by atoms with Crippen LogP contribution < -0.4 is 10.1 Å².